The molecule has 0 heterocycles. The van der Waals surface area contributed by atoms with Crippen molar-refractivity contribution in [3.8, 4) is 0 Å². The molecule has 172 valence electrons. The Labute approximate surface area is 193 Å². The highest BCUT2D eigenvalue weighted by atomic mass is 35.5. The summed E-state index contributed by atoms with van der Waals surface area (Å²) in [6.07, 6.45) is 25.5. The topological polar surface area (TPSA) is 26.3 Å². The minimum absolute atomic E-state index is 0.0340. The lowest BCUT2D eigenvalue weighted by molar-refractivity contribution is -0.137. The van der Waals surface area contributed by atoms with E-state index in [0.29, 0.717) is 6.61 Å². The molecule has 0 bridgehead atoms. The molecule has 0 aliphatic carbocycles. The van der Waals surface area contributed by atoms with Gasteiger partial charge in [-0.05, 0) is 6.42 Å². The molecule has 0 aromatic heterocycles. The summed E-state index contributed by atoms with van der Waals surface area (Å²) in [5.41, 5.74) is 0. The lowest BCUT2D eigenvalue weighted by atomic mass is 10.0. The van der Waals surface area contributed by atoms with Gasteiger partial charge in [-0.15, -0.1) is 23.2 Å². The maximum atomic E-state index is 10.9. The quantitative estimate of drug-likeness (QED) is 0.0501. The third kappa shape index (κ3) is 26.0. The summed E-state index contributed by atoms with van der Waals surface area (Å²) < 4.78 is 4.94. The van der Waals surface area contributed by atoms with Crippen molar-refractivity contribution in [3.05, 3.63) is 12.7 Å². The number of halogens is 2. The second kappa shape index (κ2) is 24.3. The van der Waals surface area contributed by atoms with E-state index in [1.54, 1.807) is 0 Å². The van der Waals surface area contributed by atoms with Crippen molar-refractivity contribution in [2.75, 3.05) is 6.61 Å². The molecule has 0 saturated heterocycles. The molecule has 0 atom stereocenters. The molecule has 0 aromatic rings. The lowest BCUT2D eigenvalue weighted by Crippen LogP contribution is -2.01. The van der Waals surface area contributed by atoms with Crippen molar-refractivity contribution in [1.29, 1.82) is 0 Å². The van der Waals surface area contributed by atoms with E-state index in [-0.39, 0.29) is 19.9 Å². The summed E-state index contributed by atoms with van der Waals surface area (Å²) in [5.74, 6) is -0.304. The van der Waals surface area contributed by atoms with Gasteiger partial charge in [0.15, 0.2) is 0 Å². The van der Waals surface area contributed by atoms with E-state index in [4.69, 9.17) is 27.9 Å². The van der Waals surface area contributed by atoms with Crippen LogP contribution < -0.4 is 0 Å². The highest BCUT2D eigenvalue weighted by Crippen LogP contribution is 2.15. The molecule has 5 heteroatoms. The third-order valence-electron chi connectivity index (χ3n) is 5.48. The van der Waals surface area contributed by atoms with Gasteiger partial charge in [0, 0.05) is 6.08 Å². The molecule has 0 unspecified atom stereocenters. The number of rotatable bonds is 23. The fourth-order valence-electron chi connectivity index (χ4n) is 3.64. The molecule has 0 radical (unpaired) electrons. The maximum absolute atomic E-state index is 10.9. The Morgan fingerprint density at radius 1 is 0.690 bits per heavy atom. The largest absolute Gasteiger partial charge is 0.463 e. The summed E-state index contributed by atoms with van der Waals surface area (Å²) in [5, 5.41) is 0. The van der Waals surface area contributed by atoms with Gasteiger partial charge in [-0.2, -0.15) is 0 Å². The second-order valence-corrected chi connectivity index (χ2v) is 12.7. The Hall–Kier alpha value is 0.00688. The van der Waals surface area contributed by atoms with Crippen LogP contribution in [0.4, 0.5) is 0 Å². The van der Waals surface area contributed by atoms with Gasteiger partial charge in [0.05, 0.1) is 20.6 Å². The van der Waals surface area contributed by atoms with Crippen LogP contribution in [0, 0.1) is 0 Å². The minimum atomic E-state index is -0.304. The first kappa shape index (κ1) is 29.0. The van der Waals surface area contributed by atoms with Crippen LogP contribution in [0.3, 0.4) is 0 Å². The summed E-state index contributed by atoms with van der Waals surface area (Å²) in [4.78, 5) is 10.9. The van der Waals surface area contributed by atoms with Crippen molar-refractivity contribution >= 4 is 38.7 Å². The Bertz CT molecular complexity index is 365. The number of hydrogen-bond acceptors (Lipinski definition) is 2. The number of unbranched alkanes of at least 4 members (excludes halogenated alkanes) is 17. The van der Waals surface area contributed by atoms with Crippen LogP contribution in [0.15, 0.2) is 12.7 Å². The molecule has 0 N–H and O–H groups in total. The van der Waals surface area contributed by atoms with Crippen molar-refractivity contribution in [1.82, 2.24) is 0 Å². The monoisotopic (exact) mass is 464 g/mol. The Morgan fingerprint density at radius 3 is 1.38 bits per heavy atom. The van der Waals surface area contributed by atoms with Gasteiger partial charge in [0.2, 0.25) is 0 Å². The first-order valence-electron chi connectivity index (χ1n) is 12.2. The first-order valence-corrected chi connectivity index (χ1v) is 14.9. The van der Waals surface area contributed by atoms with E-state index in [9.17, 15) is 4.79 Å². The molecule has 0 rings (SSSR count). The minimum Gasteiger partial charge on any atom is -0.463 e. The number of alkyl halides is 2. The van der Waals surface area contributed by atoms with Crippen molar-refractivity contribution in [3.63, 3.8) is 0 Å². The molecule has 0 fully saturated rings. The number of carbonyl (C=O) groups excluding carboxylic acids is 1. The summed E-state index contributed by atoms with van der Waals surface area (Å²) in [6, 6.07) is 1.31. The van der Waals surface area contributed by atoms with Crippen LogP contribution in [-0.2, 0) is 9.53 Å². The van der Waals surface area contributed by atoms with Crippen molar-refractivity contribution in [2.45, 2.75) is 126 Å². The zero-order valence-corrected chi connectivity index (χ0v) is 21.7. The van der Waals surface area contributed by atoms with E-state index in [1.807, 2.05) is 0 Å². The van der Waals surface area contributed by atoms with Crippen LogP contribution in [0.2, 0.25) is 6.04 Å². The Morgan fingerprint density at radius 2 is 1.03 bits per heavy atom. The first-order chi connectivity index (χ1) is 14.2. The van der Waals surface area contributed by atoms with E-state index in [0.717, 1.165) is 12.8 Å². The second-order valence-electron chi connectivity index (χ2n) is 8.27. The van der Waals surface area contributed by atoms with Crippen LogP contribution in [0.25, 0.3) is 0 Å². The highest BCUT2D eigenvalue weighted by molar-refractivity contribution is 6.68. The SMILES string of the molecule is C=CC(=O)OCCCCCCCCCCCCCCCCCCCC[SiH2]C(Cl)Cl. The van der Waals surface area contributed by atoms with Crippen molar-refractivity contribution < 1.29 is 9.53 Å². The molecule has 0 aliphatic heterocycles. The van der Waals surface area contributed by atoms with Gasteiger partial charge in [-0.1, -0.05) is 122 Å². The van der Waals surface area contributed by atoms with Gasteiger partial charge in [0.25, 0.3) is 0 Å². The molecule has 0 amide bonds. The Balaban J connectivity index is 3.03. The maximum Gasteiger partial charge on any atom is 0.330 e. The van der Waals surface area contributed by atoms with E-state index in [2.05, 4.69) is 6.58 Å². The van der Waals surface area contributed by atoms with Gasteiger partial charge < -0.3 is 4.74 Å². The zero-order chi connectivity index (χ0) is 21.4. The van der Waals surface area contributed by atoms with Crippen LogP contribution >= 0.6 is 23.2 Å². The number of carbonyl (C=O) groups is 1. The zero-order valence-electron chi connectivity index (χ0n) is 18.8. The standard InChI is InChI=1S/C24H46Cl2O2Si/c1-2-23(27)28-21-19-17-15-13-11-9-7-5-3-4-6-8-10-12-14-16-18-20-22-29-24(25)26/h2,24H,1,3-22,29H2. The highest BCUT2D eigenvalue weighted by Gasteiger charge is 1.99. The fourth-order valence-corrected chi connectivity index (χ4v) is 5.51. The molecule has 0 spiro atoms. The summed E-state index contributed by atoms with van der Waals surface area (Å²) in [7, 11) is -0.211. The fraction of sp³-hybridized carbons (Fsp3) is 0.875. The van der Waals surface area contributed by atoms with Gasteiger partial charge in [-0.25, -0.2) is 4.79 Å². The number of hydrogen-bond donors (Lipinski definition) is 0. The predicted octanol–water partition coefficient (Wildman–Crippen LogP) is 8.09. The smallest absolute Gasteiger partial charge is 0.330 e. The van der Waals surface area contributed by atoms with Crippen LogP contribution in [0.1, 0.15) is 116 Å². The normalized spacial score (nSPS) is 11.6. The van der Waals surface area contributed by atoms with E-state index >= 15 is 0 Å². The molecule has 2 nitrogen and oxygen atoms in total. The summed E-state index contributed by atoms with van der Waals surface area (Å²) >= 11 is 11.6. The van der Waals surface area contributed by atoms with Crippen LogP contribution in [0.5, 0.6) is 0 Å². The average Bonchev–Trinajstić information content (AvgIpc) is 2.71. The van der Waals surface area contributed by atoms with Crippen LogP contribution in [-0.4, -0.2) is 26.6 Å². The van der Waals surface area contributed by atoms with Gasteiger partial charge >= 0.3 is 5.97 Å². The molecular formula is C24H46Cl2O2Si. The molecule has 0 aromatic carbocycles. The summed E-state index contributed by atoms with van der Waals surface area (Å²) in [6.45, 7) is 3.93. The average molecular weight is 466 g/mol. The molecule has 0 aliphatic rings. The Kier molecular flexibility index (Phi) is 24.3. The van der Waals surface area contributed by atoms with E-state index in [1.165, 1.54) is 115 Å². The number of esters is 1. The lowest BCUT2D eigenvalue weighted by Gasteiger charge is -2.04. The third-order valence-corrected chi connectivity index (χ3v) is 8.13. The van der Waals surface area contributed by atoms with Crippen molar-refractivity contribution in [2.24, 2.45) is 0 Å². The van der Waals surface area contributed by atoms with E-state index < -0.39 is 0 Å². The predicted molar refractivity (Wildman–Crippen MR) is 133 cm³/mol. The number of ether oxygens (including phenoxy) is 1. The molecule has 29 heavy (non-hydrogen) atoms. The van der Waals surface area contributed by atoms with Gasteiger partial charge in [0.1, 0.15) is 0 Å². The van der Waals surface area contributed by atoms with Gasteiger partial charge in [-0.3, -0.25) is 0 Å². The molecular weight excluding hydrogens is 419 g/mol. The molecule has 0 saturated carbocycles.